The molecule has 0 spiro atoms. The monoisotopic (exact) mass is 142 g/mol. The van der Waals surface area contributed by atoms with E-state index in [-0.39, 0.29) is 5.91 Å². The van der Waals surface area contributed by atoms with Gasteiger partial charge in [0, 0.05) is 19.5 Å². The van der Waals surface area contributed by atoms with Crippen LogP contribution in [0.1, 0.15) is 13.3 Å². The maximum Gasteiger partial charge on any atom is 0.222 e. The summed E-state index contributed by atoms with van der Waals surface area (Å²) in [5, 5.41) is 0. The van der Waals surface area contributed by atoms with E-state index in [9.17, 15) is 4.79 Å². The van der Waals surface area contributed by atoms with E-state index in [1.54, 1.807) is 0 Å². The van der Waals surface area contributed by atoms with Crippen molar-refractivity contribution in [3.05, 3.63) is 0 Å². The van der Waals surface area contributed by atoms with Crippen LogP contribution in [0.15, 0.2) is 0 Å². The van der Waals surface area contributed by atoms with Crippen LogP contribution in [0.3, 0.4) is 0 Å². The average Bonchev–Trinajstić information content (AvgIpc) is 2.30. The van der Waals surface area contributed by atoms with Crippen LogP contribution in [-0.2, 0) is 4.79 Å². The van der Waals surface area contributed by atoms with Crippen molar-refractivity contribution in [1.82, 2.24) is 4.90 Å². The van der Waals surface area contributed by atoms with Crippen molar-refractivity contribution in [2.75, 3.05) is 19.6 Å². The van der Waals surface area contributed by atoms with Gasteiger partial charge in [0.2, 0.25) is 5.91 Å². The van der Waals surface area contributed by atoms with Crippen LogP contribution in [0.2, 0.25) is 0 Å². The Labute approximate surface area is 61.2 Å². The first-order chi connectivity index (χ1) is 4.77. The van der Waals surface area contributed by atoms with E-state index in [1.165, 1.54) is 0 Å². The summed E-state index contributed by atoms with van der Waals surface area (Å²) in [7, 11) is 0. The summed E-state index contributed by atoms with van der Waals surface area (Å²) in [6.45, 7) is 4.33. The maximum atomic E-state index is 11.0. The predicted octanol–water partition coefficient (Wildman–Crippen LogP) is -0.187. The fraction of sp³-hybridized carbons (Fsp3) is 0.857. The second kappa shape index (κ2) is 3.01. The molecule has 1 atom stereocenters. The molecular formula is C7H14N2O. The van der Waals surface area contributed by atoms with Crippen molar-refractivity contribution < 1.29 is 4.79 Å². The first-order valence-electron chi connectivity index (χ1n) is 3.75. The molecule has 0 unspecified atom stereocenters. The second-order valence-corrected chi connectivity index (χ2v) is 2.74. The van der Waals surface area contributed by atoms with Gasteiger partial charge in [-0.2, -0.15) is 0 Å². The van der Waals surface area contributed by atoms with Gasteiger partial charge in [-0.25, -0.2) is 0 Å². The Morgan fingerprint density at radius 2 is 2.50 bits per heavy atom. The molecule has 0 aromatic rings. The highest BCUT2D eigenvalue weighted by Gasteiger charge is 2.26. The van der Waals surface area contributed by atoms with Crippen molar-refractivity contribution in [2.24, 2.45) is 11.7 Å². The van der Waals surface area contributed by atoms with E-state index in [4.69, 9.17) is 5.73 Å². The zero-order chi connectivity index (χ0) is 7.56. The molecule has 0 bridgehead atoms. The third-order valence-electron chi connectivity index (χ3n) is 2.01. The lowest BCUT2D eigenvalue weighted by Gasteiger charge is -2.12. The molecule has 1 fully saturated rings. The topological polar surface area (TPSA) is 46.3 Å². The number of hydrogen-bond acceptors (Lipinski definition) is 2. The van der Waals surface area contributed by atoms with Gasteiger partial charge < -0.3 is 10.6 Å². The summed E-state index contributed by atoms with van der Waals surface area (Å²) >= 11 is 0. The molecule has 1 aliphatic rings. The number of hydrogen-bond donors (Lipinski definition) is 1. The summed E-state index contributed by atoms with van der Waals surface area (Å²) in [6, 6.07) is 0. The Kier molecular flexibility index (Phi) is 2.27. The van der Waals surface area contributed by atoms with Gasteiger partial charge in [0.1, 0.15) is 0 Å². The van der Waals surface area contributed by atoms with Gasteiger partial charge in [-0.3, -0.25) is 4.79 Å². The van der Waals surface area contributed by atoms with Crippen molar-refractivity contribution in [2.45, 2.75) is 13.3 Å². The largest absolute Gasteiger partial charge is 0.343 e. The number of nitrogens with two attached hydrogens (primary N) is 1. The first kappa shape index (κ1) is 7.54. The first-order valence-corrected chi connectivity index (χ1v) is 3.75. The minimum atomic E-state index is 0.262. The van der Waals surface area contributed by atoms with Crippen LogP contribution in [-0.4, -0.2) is 30.4 Å². The highest BCUT2D eigenvalue weighted by atomic mass is 16.2. The van der Waals surface area contributed by atoms with Crippen LogP contribution >= 0.6 is 0 Å². The van der Waals surface area contributed by atoms with Gasteiger partial charge >= 0.3 is 0 Å². The average molecular weight is 142 g/mol. The summed E-state index contributed by atoms with van der Waals surface area (Å²) in [6.07, 6.45) is 0.657. The SMILES string of the molecule is CCN1C[C@@H](CN)CC1=O. The van der Waals surface area contributed by atoms with Crippen molar-refractivity contribution in [3.8, 4) is 0 Å². The predicted molar refractivity (Wildman–Crippen MR) is 39.4 cm³/mol. The van der Waals surface area contributed by atoms with E-state index >= 15 is 0 Å². The van der Waals surface area contributed by atoms with Crippen LogP contribution in [0.25, 0.3) is 0 Å². The molecule has 2 N–H and O–H groups in total. The maximum absolute atomic E-state index is 11.0. The number of rotatable bonds is 2. The molecule has 3 nitrogen and oxygen atoms in total. The highest BCUT2D eigenvalue weighted by Crippen LogP contribution is 2.15. The van der Waals surface area contributed by atoms with Crippen LogP contribution in [0.4, 0.5) is 0 Å². The van der Waals surface area contributed by atoms with Crippen molar-refractivity contribution in [1.29, 1.82) is 0 Å². The quantitative estimate of drug-likeness (QED) is 0.581. The van der Waals surface area contributed by atoms with Gasteiger partial charge in [0.25, 0.3) is 0 Å². The van der Waals surface area contributed by atoms with E-state index in [2.05, 4.69) is 0 Å². The Bertz CT molecular complexity index is 136. The number of carbonyl (C=O) groups excluding carboxylic acids is 1. The lowest BCUT2D eigenvalue weighted by atomic mass is 10.1. The molecule has 1 aliphatic heterocycles. The third kappa shape index (κ3) is 1.29. The molecular weight excluding hydrogens is 128 g/mol. The normalized spacial score (nSPS) is 26.0. The summed E-state index contributed by atoms with van der Waals surface area (Å²) < 4.78 is 0. The molecule has 0 radical (unpaired) electrons. The van der Waals surface area contributed by atoms with Gasteiger partial charge in [0.15, 0.2) is 0 Å². The Balaban J connectivity index is 2.44. The number of likely N-dealkylation sites (tertiary alicyclic amines) is 1. The highest BCUT2D eigenvalue weighted by molar-refractivity contribution is 5.78. The summed E-state index contributed by atoms with van der Waals surface area (Å²) in [5.41, 5.74) is 5.43. The molecule has 10 heavy (non-hydrogen) atoms. The Morgan fingerprint density at radius 1 is 1.80 bits per heavy atom. The zero-order valence-corrected chi connectivity index (χ0v) is 6.34. The molecule has 0 saturated carbocycles. The number of carbonyl (C=O) groups is 1. The second-order valence-electron chi connectivity index (χ2n) is 2.74. The number of amides is 1. The van der Waals surface area contributed by atoms with Crippen LogP contribution < -0.4 is 5.73 Å². The van der Waals surface area contributed by atoms with Gasteiger partial charge in [-0.15, -0.1) is 0 Å². The van der Waals surface area contributed by atoms with Crippen molar-refractivity contribution in [3.63, 3.8) is 0 Å². The number of nitrogens with zero attached hydrogens (tertiary/aromatic N) is 1. The van der Waals surface area contributed by atoms with Crippen LogP contribution in [0, 0.1) is 5.92 Å². The molecule has 0 aromatic carbocycles. The zero-order valence-electron chi connectivity index (χ0n) is 6.34. The molecule has 1 saturated heterocycles. The standard InChI is InChI=1S/C7H14N2O/c1-2-9-5-6(4-8)3-7(9)10/h6H,2-5,8H2,1H3/t6-/m1/s1. The van der Waals surface area contributed by atoms with E-state index < -0.39 is 0 Å². The molecule has 0 aliphatic carbocycles. The molecule has 1 rings (SSSR count). The molecule has 3 heteroatoms. The molecule has 1 heterocycles. The van der Waals surface area contributed by atoms with E-state index in [0.717, 1.165) is 13.1 Å². The minimum absolute atomic E-state index is 0.262. The Morgan fingerprint density at radius 3 is 2.80 bits per heavy atom. The van der Waals surface area contributed by atoms with Gasteiger partial charge in [-0.1, -0.05) is 0 Å². The molecule has 0 aromatic heterocycles. The summed E-state index contributed by atoms with van der Waals surface area (Å²) in [5.74, 6) is 0.672. The van der Waals surface area contributed by atoms with Crippen LogP contribution in [0.5, 0.6) is 0 Å². The van der Waals surface area contributed by atoms with Gasteiger partial charge in [-0.05, 0) is 19.4 Å². The van der Waals surface area contributed by atoms with E-state index in [0.29, 0.717) is 18.9 Å². The smallest absolute Gasteiger partial charge is 0.222 e. The molecule has 1 amide bonds. The fourth-order valence-electron chi connectivity index (χ4n) is 1.32. The Hall–Kier alpha value is -0.570. The fourth-order valence-corrected chi connectivity index (χ4v) is 1.32. The van der Waals surface area contributed by atoms with E-state index in [1.807, 2.05) is 11.8 Å². The van der Waals surface area contributed by atoms with Gasteiger partial charge in [0.05, 0.1) is 0 Å². The molecule has 58 valence electrons. The lowest BCUT2D eigenvalue weighted by molar-refractivity contribution is -0.127. The summed E-state index contributed by atoms with van der Waals surface area (Å²) in [4.78, 5) is 12.9. The van der Waals surface area contributed by atoms with Crippen molar-refractivity contribution >= 4 is 5.91 Å². The lowest BCUT2D eigenvalue weighted by Crippen LogP contribution is -2.25. The third-order valence-corrected chi connectivity index (χ3v) is 2.01. The minimum Gasteiger partial charge on any atom is -0.343 e.